The first kappa shape index (κ1) is 9.86. The van der Waals surface area contributed by atoms with Crippen LogP contribution in [0.25, 0.3) is 0 Å². The molecule has 0 unspecified atom stereocenters. The zero-order chi connectivity index (χ0) is 9.52. The van der Waals surface area contributed by atoms with E-state index in [-0.39, 0.29) is 0 Å². The van der Waals surface area contributed by atoms with E-state index in [0.29, 0.717) is 16.9 Å². The molecule has 0 heterocycles. The van der Waals surface area contributed by atoms with Crippen LogP contribution in [0.3, 0.4) is 0 Å². The Bertz CT molecular complexity index is 293. The van der Waals surface area contributed by atoms with E-state index in [1.807, 2.05) is 30.3 Å². The molecule has 3 heteroatoms. The van der Waals surface area contributed by atoms with Gasteiger partial charge in [0.1, 0.15) is 0 Å². The predicted octanol–water partition coefficient (Wildman–Crippen LogP) is 2.52. The fourth-order valence-corrected chi connectivity index (χ4v) is 1.51. The smallest absolute Gasteiger partial charge is 0.159 e. The summed E-state index contributed by atoms with van der Waals surface area (Å²) in [6.07, 6.45) is 1.48. The quantitative estimate of drug-likeness (QED) is 0.454. The van der Waals surface area contributed by atoms with Gasteiger partial charge in [-0.2, -0.15) is 0 Å². The second-order valence-electron chi connectivity index (χ2n) is 2.42. The van der Waals surface area contributed by atoms with E-state index in [9.17, 15) is 4.79 Å². The highest BCUT2D eigenvalue weighted by Gasteiger charge is 1.96. The first-order chi connectivity index (χ1) is 6.36. The van der Waals surface area contributed by atoms with Crippen molar-refractivity contribution in [2.24, 2.45) is 0 Å². The monoisotopic (exact) mass is 194 g/mol. The molecule has 0 saturated heterocycles. The van der Waals surface area contributed by atoms with Crippen molar-refractivity contribution < 1.29 is 9.90 Å². The SMILES string of the molecule is O=CC(=CO)SCc1ccccc1. The van der Waals surface area contributed by atoms with Crippen molar-refractivity contribution in [3.63, 3.8) is 0 Å². The predicted molar refractivity (Wildman–Crippen MR) is 54.5 cm³/mol. The third kappa shape index (κ3) is 3.34. The number of aldehydes is 1. The van der Waals surface area contributed by atoms with E-state index in [0.717, 1.165) is 11.8 Å². The van der Waals surface area contributed by atoms with Crippen molar-refractivity contribution >= 4 is 18.0 Å². The number of hydrogen-bond acceptors (Lipinski definition) is 3. The van der Waals surface area contributed by atoms with Crippen LogP contribution in [-0.2, 0) is 10.5 Å². The van der Waals surface area contributed by atoms with Crippen LogP contribution in [0.5, 0.6) is 0 Å². The van der Waals surface area contributed by atoms with Gasteiger partial charge in [-0.1, -0.05) is 30.3 Å². The molecule has 13 heavy (non-hydrogen) atoms. The third-order valence-corrected chi connectivity index (χ3v) is 2.50. The molecule has 0 radical (unpaired) electrons. The summed E-state index contributed by atoms with van der Waals surface area (Å²) in [6.45, 7) is 0. The summed E-state index contributed by atoms with van der Waals surface area (Å²) in [5.41, 5.74) is 1.13. The van der Waals surface area contributed by atoms with E-state index >= 15 is 0 Å². The van der Waals surface area contributed by atoms with Crippen LogP contribution in [-0.4, -0.2) is 11.4 Å². The largest absolute Gasteiger partial charge is 0.514 e. The van der Waals surface area contributed by atoms with Crippen LogP contribution in [0, 0.1) is 0 Å². The average Bonchev–Trinajstić information content (AvgIpc) is 2.21. The van der Waals surface area contributed by atoms with Gasteiger partial charge in [-0.25, -0.2) is 0 Å². The maximum absolute atomic E-state index is 10.3. The van der Waals surface area contributed by atoms with Gasteiger partial charge in [-0.3, -0.25) is 4.79 Å². The number of aliphatic hydroxyl groups excluding tert-OH is 1. The van der Waals surface area contributed by atoms with Crippen molar-refractivity contribution in [3.8, 4) is 0 Å². The molecule has 1 aromatic rings. The molecule has 1 rings (SSSR count). The molecule has 0 bridgehead atoms. The molecule has 0 amide bonds. The summed E-state index contributed by atoms with van der Waals surface area (Å²) >= 11 is 1.32. The Kier molecular flexibility index (Phi) is 4.12. The Labute approximate surface area is 81.3 Å². The summed E-state index contributed by atoms with van der Waals surface area (Å²) in [7, 11) is 0. The average molecular weight is 194 g/mol. The van der Waals surface area contributed by atoms with Crippen LogP contribution in [0.2, 0.25) is 0 Å². The lowest BCUT2D eigenvalue weighted by molar-refractivity contribution is -0.104. The van der Waals surface area contributed by atoms with Crippen molar-refractivity contribution in [2.45, 2.75) is 5.75 Å². The zero-order valence-corrected chi connectivity index (χ0v) is 7.83. The minimum atomic E-state index is 0.351. The van der Waals surface area contributed by atoms with Gasteiger partial charge >= 0.3 is 0 Å². The van der Waals surface area contributed by atoms with E-state index < -0.39 is 0 Å². The van der Waals surface area contributed by atoms with Gasteiger partial charge in [0.25, 0.3) is 0 Å². The second kappa shape index (κ2) is 5.43. The highest BCUT2D eigenvalue weighted by atomic mass is 32.2. The minimum Gasteiger partial charge on any atom is -0.514 e. The van der Waals surface area contributed by atoms with Crippen molar-refractivity contribution in [1.29, 1.82) is 0 Å². The number of carbonyl (C=O) groups excluding carboxylic acids is 1. The number of hydrogen-bond donors (Lipinski definition) is 1. The lowest BCUT2D eigenvalue weighted by Crippen LogP contribution is -1.82. The number of aliphatic hydroxyl groups is 1. The summed E-state index contributed by atoms with van der Waals surface area (Å²) in [6, 6.07) is 9.79. The van der Waals surface area contributed by atoms with Crippen LogP contribution in [0.15, 0.2) is 41.5 Å². The molecule has 68 valence electrons. The fourth-order valence-electron chi connectivity index (χ4n) is 0.843. The number of thioether (sulfide) groups is 1. The zero-order valence-electron chi connectivity index (χ0n) is 7.01. The van der Waals surface area contributed by atoms with E-state index in [2.05, 4.69) is 0 Å². The Morgan fingerprint density at radius 1 is 1.38 bits per heavy atom. The first-order valence-electron chi connectivity index (χ1n) is 3.83. The lowest BCUT2D eigenvalue weighted by atomic mass is 10.2. The Morgan fingerprint density at radius 2 is 2.08 bits per heavy atom. The number of rotatable bonds is 4. The van der Waals surface area contributed by atoms with Crippen LogP contribution in [0.1, 0.15) is 5.56 Å². The van der Waals surface area contributed by atoms with Crippen LogP contribution < -0.4 is 0 Å². The first-order valence-corrected chi connectivity index (χ1v) is 4.81. The van der Waals surface area contributed by atoms with Crippen molar-refractivity contribution in [3.05, 3.63) is 47.1 Å². The van der Waals surface area contributed by atoms with E-state index in [4.69, 9.17) is 5.11 Å². The van der Waals surface area contributed by atoms with E-state index in [1.54, 1.807) is 0 Å². The summed E-state index contributed by atoms with van der Waals surface area (Å²) in [5.74, 6) is 0.700. The molecule has 0 aliphatic heterocycles. The third-order valence-electron chi connectivity index (χ3n) is 1.49. The molecule has 0 aliphatic carbocycles. The normalized spacial score (nSPS) is 11.2. The van der Waals surface area contributed by atoms with Gasteiger partial charge in [-0.15, -0.1) is 11.8 Å². The number of allylic oxidation sites excluding steroid dienone is 1. The summed E-state index contributed by atoms with van der Waals surface area (Å²) in [4.78, 5) is 10.7. The molecule has 1 aromatic carbocycles. The Hall–Kier alpha value is -1.22. The minimum absolute atomic E-state index is 0.351. The molecule has 0 aliphatic rings. The standard InChI is InChI=1S/C10H10O2S/c11-6-10(7-12)13-8-9-4-2-1-3-5-9/h1-7,11H,8H2. The Balaban J connectivity index is 2.48. The van der Waals surface area contributed by atoms with Gasteiger partial charge in [0.2, 0.25) is 0 Å². The van der Waals surface area contributed by atoms with Crippen molar-refractivity contribution in [1.82, 2.24) is 0 Å². The maximum Gasteiger partial charge on any atom is 0.159 e. The van der Waals surface area contributed by atoms with Gasteiger partial charge in [0, 0.05) is 5.75 Å². The molecule has 0 aromatic heterocycles. The summed E-state index contributed by atoms with van der Waals surface area (Å²) < 4.78 is 0. The Morgan fingerprint density at radius 3 is 2.62 bits per heavy atom. The summed E-state index contributed by atoms with van der Waals surface area (Å²) in [5, 5.41) is 8.59. The molecule has 2 nitrogen and oxygen atoms in total. The molecule has 0 saturated carbocycles. The molecular formula is C10H10O2S. The maximum atomic E-state index is 10.3. The highest BCUT2D eigenvalue weighted by Crippen LogP contribution is 2.18. The molecule has 0 atom stereocenters. The highest BCUT2D eigenvalue weighted by molar-refractivity contribution is 8.03. The molecule has 0 spiro atoms. The number of benzene rings is 1. The molecular weight excluding hydrogens is 184 g/mol. The lowest BCUT2D eigenvalue weighted by Gasteiger charge is -1.98. The topological polar surface area (TPSA) is 37.3 Å². The molecule has 0 fully saturated rings. The second-order valence-corrected chi connectivity index (χ2v) is 3.47. The van der Waals surface area contributed by atoms with E-state index in [1.165, 1.54) is 11.8 Å². The van der Waals surface area contributed by atoms with Gasteiger partial charge in [0.05, 0.1) is 11.2 Å². The van der Waals surface area contributed by atoms with Gasteiger partial charge in [0.15, 0.2) is 6.29 Å². The van der Waals surface area contributed by atoms with Gasteiger partial charge in [-0.05, 0) is 5.56 Å². The molecule has 1 N–H and O–H groups in total. The van der Waals surface area contributed by atoms with Gasteiger partial charge < -0.3 is 5.11 Å². The van der Waals surface area contributed by atoms with Crippen molar-refractivity contribution in [2.75, 3.05) is 0 Å². The van der Waals surface area contributed by atoms with Crippen LogP contribution in [0.4, 0.5) is 0 Å². The fraction of sp³-hybridized carbons (Fsp3) is 0.100. The van der Waals surface area contributed by atoms with Crippen LogP contribution >= 0.6 is 11.8 Å². The number of carbonyl (C=O) groups is 1.